The average molecular weight is 242 g/mol. The molecule has 1 unspecified atom stereocenters. The lowest BCUT2D eigenvalue weighted by Crippen LogP contribution is -2.37. The summed E-state index contributed by atoms with van der Waals surface area (Å²) in [6.45, 7) is 16.0. The minimum atomic E-state index is 0.257. The predicted octanol–water partition coefficient (Wildman–Crippen LogP) is 3.52. The van der Waals surface area contributed by atoms with Crippen LogP contribution in [0.15, 0.2) is 0 Å². The highest BCUT2D eigenvalue weighted by Crippen LogP contribution is 2.08. The van der Waals surface area contributed by atoms with Gasteiger partial charge in [-0.25, -0.2) is 0 Å². The summed E-state index contributed by atoms with van der Waals surface area (Å²) in [6, 6.07) is 0.704. The molecule has 1 atom stereocenters. The summed E-state index contributed by atoms with van der Waals surface area (Å²) in [5.74, 6) is 0.812. The van der Waals surface area contributed by atoms with Crippen molar-refractivity contribution in [3.8, 4) is 0 Å². The van der Waals surface area contributed by atoms with Crippen LogP contribution in [0.1, 0.15) is 60.8 Å². The molecule has 0 rings (SSSR count). The molecule has 17 heavy (non-hydrogen) atoms. The molecule has 0 aromatic carbocycles. The minimum Gasteiger partial charge on any atom is -0.312 e. The second kappa shape index (κ2) is 8.10. The van der Waals surface area contributed by atoms with Gasteiger partial charge in [0.25, 0.3) is 0 Å². The predicted molar refractivity (Wildman–Crippen MR) is 78.5 cm³/mol. The zero-order valence-corrected chi connectivity index (χ0v) is 13.1. The first-order valence-electron chi connectivity index (χ1n) is 7.17. The van der Waals surface area contributed by atoms with Crippen molar-refractivity contribution in [1.29, 1.82) is 0 Å². The maximum atomic E-state index is 3.55. The molecule has 0 amide bonds. The van der Waals surface area contributed by atoms with E-state index in [0.717, 1.165) is 12.5 Å². The molecule has 0 heterocycles. The fraction of sp³-hybridized carbons (Fsp3) is 1.00. The van der Waals surface area contributed by atoms with Gasteiger partial charge >= 0.3 is 0 Å². The quantitative estimate of drug-likeness (QED) is 0.655. The normalized spacial score (nSPS) is 14.6. The van der Waals surface area contributed by atoms with E-state index in [1.165, 1.54) is 25.8 Å². The molecule has 0 aromatic rings. The fourth-order valence-electron chi connectivity index (χ4n) is 1.76. The Hall–Kier alpha value is -0.0800. The third-order valence-corrected chi connectivity index (χ3v) is 3.27. The molecule has 0 aliphatic heterocycles. The fourth-order valence-corrected chi connectivity index (χ4v) is 1.76. The van der Waals surface area contributed by atoms with E-state index in [1.807, 2.05) is 0 Å². The molecule has 0 aliphatic rings. The van der Waals surface area contributed by atoms with Gasteiger partial charge in [-0.2, -0.15) is 0 Å². The van der Waals surface area contributed by atoms with Gasteiger partial charge in [-0.1, -0.05) is 13.8 Å². The highest BCUT2D eigenvalue weighted by atomic mass is 15.1. The summed E-state index contributed by atoms with van der Waals surface area (Å²) < 4.78 is 0. The summed E-state index contributed by atoms with van der Waals surface area (Å²) in [5, 5.41) is 3.55. The molecule has 0 aromatic heterocycles. The Labute approximate surface area is 109 Å². The van der Waals surface area contributed by atoms with Crippen molar-refractivity contribution in [3.05, 3.63) is 0 Å². The maximum absolute atomic E-state index is 3.55. The number of hydrogen-bond acceptors (Lipinski definition) is 2. The first-order valence-corrected chi connectivity index (χ1v) is 7.17. The van der Waals surface area contributed by atoms with E-state index >= 15 is 0 Å². The Morgan fingerprint density at radius 1 is 1.06 bits per heavy atom. The van der Waals surface area contributed by atoms with Crippen LogP contribution in [-0.4, -0.2) is 36.6 Å². The highest BCUT2D eigenvalue weighted by Gasteiger charge is 2.11. The molecule has 104 valence electrons. The molecular weight excluding hydrogens is 208 g/mol. The van der Waals surface area contributed by atoms with E-state index in [4.69, 9.17) is 0 Å². The summed E-state index contributed by atoms with van der Waals surface area (Å²) >= 11 is 0. The van der Waals surface area contributed by atoms with Crippen LogP contribution in [0.2, 0.25) is 0 Å². The second-order valence-electron chi connectivity index (χ2n) is 6.83. The molecule has 2 nitrogen and oxygen atoms in total. The lowest BCUT2D eigenvalue weighted by molar-refractivity contribution is 0.228. The Bertz CT molecular complexity index is 182. The van der Waals surface area contributed by atoms with E-state index < -0.39 is 0 Å². The van der Waals surface area contributed by atoms with Gasteiger partial charge in [0.2, 0.25) is 0 Å². The smallest absolute Gasteiger partial charge is 0.00965 e. The van der Waals surface area contributed by atoms with Crippen molar-refractivity contribution < 1.29 is 0 Å². The topological polar surface area (TPSA) is 15.3 Å². The van der Waals surface area contributed by atoms with E-state index in [2.05, 4.69) is 58.8 Å². The maximum Gasteiger partial charge on any atom is 0.00965 e. The molecule has 0 fully saturated rings. The standard InChI is InChI=1S/C15H34N2/c1-13(2)10-12-17(7)14(3)9-8-11-16-15(4,5)6/h13-14,16H,8-12H2,1-7H3. The van der Waals surface area contributed by atoms with Crippen LogP contribution in [0.3, 0.4) is 0 Å². The van der Waals surface area contributed by atoms with Crippen LogP contribution in [-0.2, 0) is 0 Å². The van der Waals surface area contributed by atoms with Gasteiger partial charge in [-0.15, -0.1) is 0 Å². The lowest BCUT2D eigenvalue weighted by atomic mass is 10.1. The van der Waals surface area contributed by atoms with Gasteiger partial charge in [0, 0.05) is 11.6 Å². The summed E-state index contributed by atoms with van der Waals surface area (Å²) in [5.41, 5.74) is 0.257. The van der Waals surface area contributed by atoms with Gasteiger partial charge in [-0.05, 0) is 73.0 Å². The van der Waals surface area contributed by atoms with Crippen LogP contribution in [0.25, 0.3) is 0 Å². The summed E-state index contributed by atoms with van der Waals surface area (Å²) in [6.07, 6.45) is 3.86. The first-order chi connectivity index (χ1) is 7.72. The molecule has 0 radical (unpaired) electrons. The highest BCUT2D eigenvalue weighted by molar-refractivity contribution is 4.71. The molecular formula is C15H34N2. The summed E-state index contributed by atoms with van der Waals surface area (Å²) in [7, 11) is 2.25. The van der Waals surface area contributed by atoms with Gasteiger partial charge in [-0.3, -0.25) is 0 Å². The zero-order chi connectivity index (χ0) is 13.5. The van der Waals surface area contributed by atoms with Gasteiger partial charge in [0.15, 0.2) is 0 Å². The van der Waals surface area contributed by atoms with Gasteiger partial charge in [0.05, 0.1) is 0 Å². The van der Waals surface area contributed by atoms with Crippen LogP contribution < -0.4 is 5.32 Å². The number of rotatable bonds is 8. The lowest BCUT2D eigenvalue weighted by Gasteiger charge is -2.26. The third-order valence-electron chi connectivity index (χ3n) is 3.27. The Balaban J connectivity index is 3.60. The summed E-state index contributed by atoms with van der Waals surface area (Å²) in [4.78, 5) is 2.50. The van der Waals surface area contributed by atoms with Crippen LogP contribution in [0, 0.1) is 5.92 Å². The zero-order valence-electron chi connectivity index (χ0n) is 13.1. The molecule has 0 aliphatic carbocycles. The van der Waals surface area contributed by atoms with Crippen LogP contribution in [0.4, 0.5) is 0 Å². The SMILES string of the molecule is CC(C)CCN(C)C(C)CCCNC(C)(C)C. The number of nitrogens with zero attached hydrogens (tertiary/aromatic N) is 1. The average Bonchev–Trinajstić information content (AvgIpc) is 2.19. The van der Waals surface area contributed by atoms with Crippen molar-refractivity contribution in [2.75, 3.05) is 20.1 Å². The van der Waals surface area contributed by atoms with Crippen molar-refractivity contribution in [3.63, 3.8) is 0 Å². The van der Waals surface area contributed by atoms with E-state index in [-0.39, 0.29) is 5.54 Å². The van der Waals surface area contributed by atoms with Crippen molar-refractivity contribution >= 4 is 0 Å². The van der Waals surface area contributed by atoms with Crippen molar-refractivity contribution in [1.82, 2.24) is 10.2 Å². The molecule has 2 heteroatoms. The largest absolute Gasteiger partial charge is 0.312 e. The van der Waals surface area contributed by atoms with Crippen LogP contribution in [0.5, 0.6) is 0 Å². The van der Waals surface area contributed by atoms with Crippen molar-refractivity contribution in [2.45, 2.75) is 72.4 Å². The molecule has 0 bridgehead atoms. The third kappa shape index (κ3) is 10.8. The minimum absolute atomic E-state index is 0.257. The van der Waals surface area contributed by atoms with Crippen molar-refractivity contribution in [2.24, 2.45) is 5.92 Å². The molecule has 0 saturated heterocycles. The monoisotopic (exact) mass is 242 g/mol. The molecule has 1 N–H and O–H groups in total. The molecule has 0 spiro atoms. The Kier molecular flexibility index (Phi) is 8.06. The van der Waals surface area contributed by atoms with E-state index in [0.29, 0.717) is 6.04 Å². The van der Waals surface area contributed by atoms with Crippen LogP contribution >= 0.6 is 0 Å². The second-order valence-corrected chi connectivity index (χ2v) is 6.83. The molecule has 0 saturated carbocycles. The van der Waals surface area contributed by atoms with E-state index in [1.54, 1.807) is 0 Å². The number of nitrogens with one attached hydrogen (secondary N) is 1. The Morgan fingerprint density at radius 2 is 1.65 bits per heavy atom. The van der Waals surface area contributed by atoms with Gasteiger partial charge < -0.3 is 10.2 Å². The van der Waals surface area contributed by atoms with E-state index in [9.17, 15) is 0 Å². The number of hydrogen-bond donors (Lipinski definition) is 1. The Morgan fingerprint density at radius 3 is 2.12 bits per heavy atom. The first kappa shape index (κ1) is 16.9. The van der Waals surface area contributed by atoms with Gasteiger partial charge in [0.1, 0.15) is 0 Å².